The van der Waals surface area contributed by atoms with E-state index >= 15 is 0 Å². The molecule has 1 fully saturated rings. The Morgan fingerprint density at radius 3 is 2.17 bits per heavy atom. The van der Waals surface area contributed by atoms with Gasteiger partial charge in [0, 0.05) is 11.1 Å². The molecule has 0 radical (unpaired) electrons. The second-order valence-electron chi connectivity index (χ2n) is 5.31. The lowest BCUT2D eigenvalue weighted by molar-refractivity contribution is -0.378. The summed E-state index contributed by atoms with van der Waals surface area (Å²) in [4.78, 5) is 23.0. The topological polar surface area (TPSA) is 132 Å². The van der Waals surface area contributed by atoms with Crippen LogP contribution in [0.5, 0.6) is 0 Å². The van der Waals surface area contributed by atoms with Crippen molar-refractivity contribution in [1.82, 2.24) is 0 Å². The Bertz CT molecular complexity index is 515. The van der Waals surface area contributed by atoms with Crippen LogP contribution in [0.3, 0.4) is 0 Å². The lowest BCUT2D eigenvalue weighted by atomic mass is 10.1. The van der Waals surface area contributed by atoms with Crippen molar-refractivity contribution in [1.29, 1.82) is 0 Å². The summed E-state index contributed by atoms with van der Waals surface area (Å²) in [5, 5.41) is 29.1. The van der Waals surface area contributed by atoms with Crippen molar-refractivity contribution in [3.05, 3.63) is 24.3 Å². The molecule has 0 aliphatic carbocycles. The van der Waals surface area contributed by atoms with Crippen LogP contribution in [0.4, 0.5) is 0 Å². The first-order valence-corrected chi connectivity index (χ1v) is 7.15. The van der Waals surface area contributed by atoms with Gasteiger partial charge in [0.15, 0.2) is 6.10 Å². The molecular weight excluding hydrogens is 324 g/mol. The first kappa shape index (κ1) is 20.3. The molecule has 24 heavy (non-hydrogen) atoms. The number of aliphatic hydroxyl groups is 3. The standard InChI is InChI=1S/C15H22O9/c1-8(2)13(19)21-5-6-22-15(24-14(20)9(3)4)12(18)11(17)10(7-16)23-15/h10-12,16-18H,1,3,5-7H2,2,4H3/t10-,11+,12-,15?/m1/s1. The second-order valence-corrected chi connectivity index (χ2v) is 5.31. The van der Waals surface area contributed by atoms with Crippen molar-refractivity contribution < 1.29 is 43.9 Å². The van der Waals surface area contributed by atoms with Gasteiger partial charge in [0.05, 0.1) is 13.2 Å². The molecule has 3 N–H and O–H groups in total. The Kier molecular flexibility index (Phi) is 7.06. The van der Waals surface area contributed by atoms with Gasteiger partial charge >= 0.3 is 17.9 Å². The number of carbonyl (C=O) groups excluding carboxylic acids is 2. The zero-order chi connectivity index (χ0) is 18.5. The van der Waals surface area contributed by atoms with Crippen molar-refractivity contribution in [2.24, 2.45) is 0 Å². The molecular formula is C15H22O9. The molecule has 136 valence electrons. The average Bonchev–Trinajstić information content (AvgIpc) is 2.76. The molecule has 0 spiro atoms. The second kappa shape index (κ2) is 8.36. The molecule has 0 amide bonds. The van der Waals surface area contributed by atoms with Crippen LogP contribution in [-0.4, -0.2) is 71.4 Å². The van der Waals surface area contributed by atoms with E-state index in [1.165, 1.54) is 13.8 Å². The summed E-state index contributed by atoms with van der Waals surface area (Å²) in [5.74, 6) is -3.93. The third kappa shape index (κ3) is 4.62. The minimum Gasteiger partial charge on any atom is -0.460 e. The molecule has 9 heteroatoms. The number of hydrogen-bond donors (Lipinski definition) is 3. The molecule has 1 rings (SSSR count). The fraction of sp³-hybridized carbons (Fsp3) is 0.600. The smallest absolute Gasteiger partial charge is 0.360 e. The van der Waals surface area contributed by atoms with E-state index in [2.05, 4.69) is 13.2 Å². The van der Waals surface area contributed by atoms with Crippen molar-refractivity contribution in [3.8, 4) is 0 Å². The van der Waals surface area contributed by atoms with Crippen LogP contribution in [0, 0.1) is 0 Å². The summed E-state index contributed by atoms with van der Waals surface area (Å²) in [5.41, 5.74) is 0.191. The Labute approximate surface area is 139 Å². The molecule has 9 nitrogen and oxygen atoms in total. The fourth-order valence-corrected chi connectivity index (χ4v) is 1.80. The summed E-state index contributed by atoms with van der Waals surface area (Å²) in [7, 11) is 0. The minimum absolute atomic E-state index is 0.00410. The normalized spacial score (nSPS) is 29.1. The Morgan fingerprint density at radius 1 is 1.12 bits per heavy atom. The van der Waals surface area contributed by atoms with Gasteiger partial charge < -0.3 is 34.3 Å². The maximum Gasteiger partial charge on any atom is 0.360 e. The van der Waals surface area contributed by atoms with E-state index in [0.29, 0.717) is 0 Å². The largest absolute Gasteiger partial charge is 0.460 e. The maximum atomic E-state index is 11.7. The molecule has 0 saturated carbocycles. The summed E-state index contributed by atoms with van der Waals surface area (Å²) in [6, 6.07) is 0. The SMILES string of the molecule is C=C(C)C(=O)OCCOC1(OC(=O)C(=C)C)O[C@H](CO)[C@H](O)[C@H]1O. The van der Waals surface area contributed by atoms with Gasteiger partial charge in [-0.2, -0.15) is 0 Å². The van der Waals surface area contributed by atoms with Gasteiger partial charge in [0.2, 0.25) is 0 Å². The first-order chi connectivity index (χ1) is 11.1. The zero-order valence-electron chi connectivity index (χ0n) is 13.6. The molecule has 1 heterocycles. The molecule has 0 aromatic rings. The first-order valence-electron chi connectivity index (χ1n) is 7.15. The number of carbonyl (C=O) groups is 2. The molecule has 0 aromatic carbocycles. The van der Waals surface area contributed by atoms with Crippen molar-refractivity contribution in [2.45, 2.75) is 38.1 Å². The van der Waals surface area contributed by atoms with Crippen molar-refractivity contribution >= 4 is 11.9 Å². The van der Waals surface area contributed by atoms with Crippen LogP contribution in [-0.2, 0) is 28.5 Å². The molecule has 1 aliphatic heterocycles. The summed E-state index contributed by atoms with van der Waals surface area (Å²) in [6.45, 7) is 8.43. The number of hydrogen-bond acceptors (Lipinski definition) is 9. The monoisotopic (exact) mass is 346 g/mol. The summed E-state index contributed by atoms with van der Waals surface area (Å²) >= 11 is 0. The van der Waals surface area contributed by atoms with E-state index in [0.717, 1.165) is 0 Å². The van der Waals surface area contributed by atoms with Crippen LogP contribution in [0.2, 0.25) is 0 Å². The van der Waals surface area contributed by atoms with Crippen LogP contribution in [0.25, 0.3) is 0 Å². The van der Waals surface area contributed by atoms with Crippen molar-refractivity contribution in [3.63, 3.8) is 0 Å². The van der Waals surface area contributed by atoms with E-state index in [4.69, 9.17) is 24.1 Å². The maximum absolute atomic E-state index is 11.7. The molecule has 1 aliphatic rings. The number of esters is 2. The quantitative estimate of drug-likeness (QED) is 0.219. The highest BCUT2D eigenvalue weighted by atomic mass is 16.9. The van der Waals surface area contributed by atoms with E-state index < -0.39 is 42.8 Å². The van der Waals surface area contributed by atoms with Gasteiger partial charge in [-0.3, -0.25) is 0 Å². The Balaban J connectivity index is 2.79. The molecule has 0 aromatic heterocycles. The van der Waals surface area contributed by atoms with Crippen molar-refractivity contribution in [2.75, 3.05) is 19.8 Å². The Hall–Kier alpha value is -1.78. The summed E-state index contributed by atoms with van der Waals surface area (Å²) in [6.07, 6.45) is -4.56. The van der Waals surface area contributed by atoms with E-state index in [1.807, 2.05) is 0 Å². The van der Waals surface area contributed by atoms with Gasteiger partial charge in [-0.15, -0.1) is 0 Å². The highest BCUT2D eigenvalue weighted by Gasteiger charge is 2.59. The van der Waals surface area contributed by atoms with Gasteiger partial charge in [-0.1, -0.05) is 13.2 Å². The van der Waals surface area contributed by atoms with E-state index in [-0.39, 0.29) is 24.4 Å². The molecule has 1 unspecified atom stereocenters. The van der Waals surface area contributed by atoms with Gasteiger partial charge in [-0.05, 0) is 13.8 Å². The summed E-state index contributed by atoms with van der Waals surface area (Å²) < 4.78 is 20.2. The van der Waals surface area contributed by atoms with Gasteiger partial charge in [0.25, 0.3) is 0 Å². The zero-order valence-corrected chi connectivity index (χ0v) is 13.6. The number of aliphatic hydroxyl groups excluding tert-OH is 3. The van der Waals surface area contributed by atoms with Crippen LogP contribution >= 0.6 is 0 Å². The fourth-order valence-electron chi connectivity index (χ4n) is 1.80. The van der Waals surface area contributed by atoms with Crippen LogP contribution in [0.1, 0.15) is 13.8 Å². The molecule has 1 saturated heterocycles. The number of rotatable bonds is 8. The third-order valence-corrected chi connectivity index (χ3v) is 3.11. The number of ether oxygens (including phenoxy) is 4. The highest BCUT2D eigenvalue weighted by molar-refractivity contribution is 5.87. The molecule has 4 atom stereocenters. The predicted molar refractivity (Wildman–Crippen MR) is 79.3 cm³/mol. The average molecular weight is 346 g/mol. The van der Waals surface area contributed by atoms with Crippen LogP contribution in [0.15, 0.2) is 24.3 Å². The van der Waals surface area contributed by atoms with E-state index in [9.17, 15) is 19.8 Å². The Morgan fingerprint density at radius 2 is 1.71 bits per heavy atom. The van der Waals surface area contributed by atoms with Crippen LogP contribution < -0.4 is 0 Å². The molecule has 0 bridgehead atoms. The lowest BCUT2D eigenvalue weighted by Crippen LogP contribution is -2.49. The predicted octanol–water partition coefficient (Wildman–Crippen LogP) is -0.992. The van der Waals surface area contributed by atoms with E-state index in [1.54, 1.807) is 0 Å². The van der Waals surface area contributed by atoms with Gasteiger partial charge in [0.1, 0.15) is 18.8 Å². The lowest BCUT2D eigenvalue weighted by Gasteiger charge is -2.30. The van der Waals surface area contributed by atoms with Gasteiger partial charge in [-0.25, -0.2) is 9.59 Å². The highest BCUT2D eigenvalue weighted by Crippen LogP contribution is 2.34. The minimum atomic E-state index is -2.35. The third-order valence-electron chi connectivity index (χ3n) is 3.11.